The number of ether oxygens (including phenoxy) is 1. The van der Waals surface area contributed by atoms with Crippen molar-refractivity contribution >= 4 is 15.9 Å². The molecule has 0 atom stereocenters. The minimum atomic E-state index is -0.713. The van der Waals surface area contributed by atoms with Crippen molar-refractivity contribution in [1.29, 1.82) is 0 Å². The molecule has 0 amide bonds. The molecule has 0 unspecified atom stereocenters. The fraction of sp³-hybridized carbons (Fsp3) is 0.571. The maximum absolute atomic E-state index is 10.1. The Morgan fingerprint density at radius 1 is 1.18 bits per heavy atom. The highest BCUT2D eigenvalue weighted by atomic mass is 79.9. The molecule has 3 heteroatoms. The summed E-state index contributed by atoms with van der Waals surface area (Å²) in [5.74, 6) is 0.823. The van der Waals surface area contributed by atoms with E-state index in [1.54, 1.807) is 0 Å². The highest BCUT2D eigenvalue weighted by Gasteiger charge is 2.23. The van der Waals surface area contributed by atoms with Gasteiger partial charge < -0.3 is 9.84 Å². The van der Waals surface area contributed by atoms with Crippen LogP contribution in [0.15, 0.2) is 16.6 Å². The van der Waals surface area contributed by atoms with Crippen LogP contribution in [0.5, 0.6) is 5.75 Å². The van der Waals surface area contributed by atoms with E-state index in [1.807, 2.05) is 39.8 Å². The molecule has 0 heterocycles. The van der Waals surface area contributed by atoms with E-state index in [1.165, 1.54) is 0 Å². The Balaban J connectivity index is 2.76. The second-order valence-electron chi connectivity index (χ2n) is 4.59. The summed E-state index contributed by atoms with van der Waals surface area (Å²) in [5.41, 5.74) is 1.59. The topological polar surface area (TPSA) is 29.5 Å². The second kappa shape index (κ2) is 5.87. The first kappa shape index (κ1) is 14.5. The monoisotopic (exact) mass is 300 g/mol. The van der Waals surface area contributed by atoms with Crippen molar-refractivity contribution in [3.05, 3.63) is 27.7 Å². The fourth-order valence-electron chi connectivity index (χ4n) is 1.66. The molecule has 0 spiro atoms. The molecule has 0 aliphatic heterocycles. The molecule has 0 bridgehead atoms. The predicted octanol–water partition coefficient (Wildman–Crippen LogP) is 4.00. The van der Waals surface area contributed by atoms with E-state index >= 15 is 0 Å². The van der Waals surface area contributed by atoms with Gasteiger partial charge in [-0.2, -0.15) is 0 Å². The first-order valence-corrected chi connectivity index (χ1v) is 6.83. The first-order chi connectivity index (χ1) is 7.91. The van der Waals surface area contributed by atoms with E-state index in [-0.39, 0.29) is 0 Å². The van der Waals surface area contributed by atoms with Gasteiger partial charge in [0.15, 0.2) is 0 Å². The minimum absolute atomic E-state index is 0.348. The van der Waals surface area contributed by atoms with E-state index in [4.69, 9.17) is 4.74 Å². The second-order valence-corrected chi connectivity index (χ2v) is 5.38. The predicted molar refractivity (Wildman–Crippen MR) is 74.6 cm³/mol. The highest BCUT2D eigenvalue weighted by molar-refractivity contribution is 9.10. The van der Waals surface area contributed by atoms with Gasteiger partial charge in [-0.15, -0.1) is 0 Å². The lowest BCUT2D eigenvalue weighted by molar-refractivity contribution is -0.0113. The van der Waals surface area contributed by atoms with Gasteiger partial charge in [-0.25, -0.2) is 0 Å². The van der Waals surface area contributed by atoms with Crippen LogP contribution in [0.25, 0.3) is 0 Å². The van der Waals surface area contributed by atoms with Crippen LogP contribution in [0.2, 0.25) is 0 Å². The standard InChI is InChI=1S/C14H21BrO2/c1-5-14(16,6-2)9-17-12-7-10(3)13(15)11(4)8-12/h7-8,16H,5-6,9H2,1-4H3. The number of benzene rings is 1. The third-order valence-electron chi connectivity index (χ3n) is 3.23. The molecule has 1 aromatic carbocycles. The van der Waals surface area contributed by atoms with Gasteiger partial charge in [0.05, 0.1) is 5.60 Å². The third kappa shape index (κ3) is 3.71. The maximum Gasteiger partial charge on any atom is 0.120 e. The molecule has 96 valence electrons. The van der Waals surface area contributed by atoms with Crippen LogP contribution in [0, 0.1) is 13.8 Å². The SMILES string of the molecule is CCC(O)(CC)COc1cc(C)c(Br)c(C)c1. The number of aryl methyl sites for hydroxylation is 2. The van der Waals surface area contributed by atoms with E-state index in [9.17, 15) is 5.11 Å². The van der Waals surface area contributed by atoms with Gasteiger partial charge in [-0.3, -0.25) is 0 Å². The maximum atomic E-state index is 10.1. The normalized spacial score (nSPS) is 11.6. The number of aliphatic hydroxyl groups is 1. The average Bonchev–Trinajstić information content (AvgIpc) is 2.32. The summed E-state index contributed by atoms with van der Waals surface area (Å²) in [6.07, 6.45) is 1.41. The van der Waals surface area contributed by atoms with Crippen LogP contribution >= 0.6 is 15.9 Å². The molecule has 1 rings (SSSR count). The van der Waals surface area contributed by atoms with Gasteiger partial charge in [-0.05, 0) is 49.9 Å². The van der Waals surface area contributed by atoms with Crippen LogP contribution in [0.4, 0.5) is 0 Å². The Hall–Kier alpha value is -0.540. The van der Waals surface area contributed by atoms with Crippen LogP contribution in [0.3, 0.4) is 0 Å². The van der Waals surface area contributed by atoms with Crippen LogP contribution in [0.1, 0.15) is 37.8 Å². The van der Waals surface area contributed by atoms with Crippen LogP contribution in [-0.2, 0) is 0 Å². The molecule has 2 nitrogen and oxygen atoms in total. The van der Waals surface area contributed by atoms with Crippen molar-refractivity contribution < 1.29 is 9.84 Å². The molecule has 17 heavy (non-hydrogen) atoms. The molecule has 0 fully saturated rings. The summed E-state index contributed by atoms with van der Waals surface area (Å²) in [5, 5.41) is 10.1. The van der Waals surface area contributed by atoms with Gasteiger partial charge in [0, 0.05) is 4.47 Å². The van der Waals surface area contributed by atoms with Gasteiger partial charge in [0.25, 0.3) is 0 Å². The van der Waals surface area contributed by atoms with Crippen molar-refractivity contribution in [3.63, 3.8) is 0 Å². The number of hydrogen-bond acceptors (Lipinski definition) is 2. The van der Waals surface area contributed by atoms with Crippen molar-refractivity contribution in [3.8, 4) is 5.75 Å². The summed E-state index contributed by atoms with van der Waals surface area (Å²) in [6, 6.07) is 3.98. The third-order valence-corrected chi connectivity index (χ3v) is 4.48. The Labute approximate surface area is 112 Å². The minimum Gasteiger partial charge on any atom is -0.491 e. The molecule has 0 saturated carbocycles. The molecular formula is C14H21BrO2. The fourth-order valence-corrected chi connectivity index (χ4v) is 1.89. The summed E-state index contributed by atoms with van der Waals surface area (Å²) in [7, 11) is 0. The van der Waals surface area contributed by atoms with Crippen molar-refractivity contribution in [2.24, 2.45) is 0 Å². The zero-order valence-corrected chi connectivity index (χ0v) is 12.6. The Bertz CT molecular complexity index is 361. The molecular weight excluding hydrogens is 280 g/mol. The lowest BCUT2D eigenvalue weighted by Gasteiger charge is -2.25. The average molecular weight is 301 g/mol. The summed E-state index contributed by atoms with van der Waals surface area (Å²) >= 11 is 3.53. The number of hydrogen-bond donors (Lipinski definition) is 1. The van der Waals surface area contributed by atoms with Gasteiger partial charge in [0.1, 0.15) is 12.4 Å². The summed E-state index contributed by atoms with van der Waals surface area (Å²) in [4.78, 5) is 0. The quantitative estimate of drug-likeness (QED) is 0.891. The van der Waals surface area contributed by atoms with E-state index in [2.05, 4.69) is 15.9 Å². The summed E-state index contributed by atoms with van der Waals surface area (Å²) in [6.45, 7) is 8.38. The van der Waals surface area contributed by atoms with Gasteiger partial charge in [0.2, 0.25) is 0 Å². The van der Waals surface area contributed by atoms with E-state index < -0.39 is 5.60 Å². The number of halogens is 1. The van der Waals surface area contributed by atoms with Gasteiger partial charge >= 0.3 is 0 Å². The highest BCUT2D eigenvalue weighted by Crippen LogP contribution is 2.27. The largest absolute Gasteiger partial charge is 0.491 e. The van der Waals surface area contributed by atoms with E-state index in [0.29, 0.717) is 19.4 Å². The van der Waals surface area contributed by atoms with Crippen LogP contribution < -0.4 is 4.74 Å². The molecule has 0 saturated heterocycles. The van der Waals surface area contributed by atoms with E-state index in [0.717, 1.165) is 21.3 Å². The van der Waals surface area contributed by atoms with Gasteiger partial charge in [-0.1, -0.05) is 29.8 Å². The summed E-state index contributed by atoms with van der Waals surface area (Å²) < 4.78 is 6.82. The zero-order chi connectivity index (χ0) is 13.1. The molecule has 0 radical (unpaired) electrons. The smallest absolute Gasteiger partial charge is 0.120 e. The molecule has 0 aliphatic rings. The Morgan fingerprint density at radius 3 is 2.06 bits per heavy atom. The van der Waals surface area contributed by atoms with Crippen LogP contribution in [-0.4, -0.2) is 17.3 Å². The molecule has 1 N–H and O–H groups in total. The Morgan fingerprint density at radius 2 is 1.65 bits per heavy atom. The molecule has 0 aromatic heterocycles. The molecule has 1 aromatic rings. The molecule has 0 aliphatic carbocycles. The van der Waals surface area contributed by atoms with Crippen molar-refractivity contribution in [1.82, 2.24) is 0 Å². The first-order valence-electron chi connectivity index (χ1n) is 6.03. The lowest BCUT2D eigenvalue weighted by atomic mass is 9.99. The zero-order valence-electron chi connectivity index (χ0n) is 11.0. The van der Waals surface area contributed by atoms with Crippen molar-refractivity contribution in [2.45, 2.75) is 46.1 Å². The number of rotatable bonds is 5. The Kier molecular flexibility index (Phi) is 5.02. The lowest BCUT2D eigenvalue weighted by Crippen LogP contribution is -2.34. The van der Waals surface area contributed by atoms with Crippen molar-refractivity contribution in [2.75, 3.05) is 6.61 Å².